The first-order valence-electron chi connectivity index (χ1n) is 12.9. The lowest BCUT2D eigenvalue weighted by Gasteiger charge is -2.12. The summed E-state index contributed by atoms with van der Waals surface area (Å²) in [6.07, 6.45) is 0.856. The third kappa shape index (κ3) is 6.16. The Labute approximate surface area is 217 Å². The van der Waals surface area contributed by atoms with E-state index >= 15 is 0 Å². The molecule has 3 atom stereocenters. The highest BCUT2D eigenvalue weighted by Gasteiger charge is 2.25. The van der Waals surface area contributed by atoms with Gasteiger partial charge in [0.1, 0.15) is 55.4 Å². The second-order valence-electron chi connectivity index (χ2n) is 9.78. The summed E-state index contributed by atoms with van der Waals surface area (Å²) in [4.78, 5) is 0. The number of benzene rings is 4. The lowest BCUT2D eigenvalue weighted by atomic mass is 10.0. The first kappa shape index (κ1) is 24.0. The molecule has 3 aliphatic heterocycles. The Morgan fingerprint density at radius 3 is 1.68 bits per heavy atom. The van der Waals surface area contributed by atoms with Gasteiger partial charge >= 0.3 is 0 Å². The third-order valence-corrected chi connectivity index (χ3v) is 6.85. The molecule has 3 saturated heterocycles. The smallest absolute Gasteiger partial charge is 0.122 e. The highest BCUT2D eigenvalue weighted by molar-refractivity contribution is 5.89. The maximum Gasteiger partial charge on any atom is 0.122 e. The molecule has 3 aliphatic rings. The van der Waals surface area contributed by atoms with Crippen LogP contribution in [0.1, 0.15) is 11.1 Å². The topological polar surface area (TPSA) is 65.3 Å². The molecular formula is C31H32O6. The van der Waals surface area contributed by atoms with E-state index in [1.807, 2.05) is 18.2 Å². The van der Waals surface area contributed by atoms with Gasteiger partial charge in [0.2, 0.25) is 0 Å². The van der Waals surface area contributed by atoms with E-state index in [0.717, 1.165) is 42.6 Å². The average molecular weight is 501 g/mol. The number of ether oxygens (including phenoxy) is 6. The standard InChI is InChI=1S/C17H18O4.C14H14O2/c1-11-16-6-13(18-7-14-8-19-14)4-2-12(16)3-5-17(11)21-10-15-9-20-15;1-10-13-5-3-2-4-11(13)6-7-14(10)16-9-12-8-15-12/h2-6,14-15H,7-10H2,1H3;2-7,12H,8-9H2,1H3. The second kappa shape index (κ2) is 10.6. The molecule has 3 fully saturated rings. The summed E-state index contributed by atoms with van der Waals surface area (Å²) in [7, 11) is 0. The molecule has 6 nitrogen and oxygen atoms in total. The van der Waals surface area contributed by atoms with Gasteiger partial charge in [0.25, 0.3) is 0 Å². The van der Waals surface area contributed by atoms with Crippen LogP contribution in [0.3, 0.4) is 0 Å². The third-order valence-electron chi connectivity index (χ3n) is 6.85. The fourth-order valence-electron chi connectivity index (χ4n) is 4.29. The number of fused-ring (bicyclic) bond motifs is 2. The summed E-state index contributed by atoms with van der Waals surface area (Å²) >= 11 is 0. The van der Waals surface area contributed by atoms with Crippen molar-refractivity contribution in [2.45, 2.75) is 32.2 Å². The van der Waals surface area contributed by atoms with Crippen LogP contribution in [-0.2, 0) is 14.2 Å². The van der Waals surface area contributed by atoms with Crippen LogP contribution in [0.2, 0.25) is 0 Å². The van der Waals surface area contributed by atoms with Crippen LogP contribution in [-0.4, -0.2) is 58.0 Å². The van der Waals surface area contributed by atoms with Gasteiger partial charge < -0.3 is 28.4 Å². The average Bonchev–Trinajstić information content (AvgIpc) is 3.75. The minimum absolute atomic E-state index is 0.272. The summed E-state index contributed by atoms with van der Waals surface area (Å²) in [6, 6.07) is 22.8. The summed E-state index contributed by atoms with van der Waals surface area (Å²) in [5.41, 5.74) is 2.35. The van der Waals surface area contributed by atoms with Crippen LogP contribution in [0, 0.1) is 13.8 Å². The van der Waals surface area contributed by atoms with Crippen molar-refractivity contribution in [3.63, 3.8) is 0 Å². The lowest BCUT2D eigenvalue weighted by Crippen LogP contribution is -2.05. The van der Waals surface area contributed by atoms with Crippen molar-refractivity contribution >= 4 is 21.5 Å². The van der Waals surface area contributed by atoms with E-state index in [-0.39, 0.29) is 12.2 Å². The Morgan fingerprint density at radius 1 is 0.595 bits per heavy atom. The highest BCUT2D eigenvalue weighted by Crippen LogP contribution is 2.31. The predicted molar refractivity (Wildman–Crippen MR) is 143 cm³/mol. The zero-order valence-corrected chi connectivity index (χ0v) is 21.3. The second-order valence-corrected chi connectivity index (χ2v) is 9.78. The molecule has 0 radical (unpaired) electrons. The minimum atomic E-state index is 0.272. The molecule has 0 spiro atoms. The first-order valence-corrected chi connectivity index (χ1v) is 12.9. The largest absolute Gasteiger partial charge is 0.491 e. The van der Waals surface area contributed by atoms with Crippen molar-refractivity contribution in [2.24, 2.45) is 0 Å². The van der Waals surface area contributed by atoms with Crippen LogP contribution in [0.5, 0.6) is 17.2 Å². The van der Waals surface area contributed by atoms with E-state index in [0.29, 0.717) is 25.9 Å². The molecule has 0 saturated carbocycles. The quantitative estimate of drug-likeness (QED) is 0.278. The van der Waals surface area contributed by atoms with Crippen molar-refractivity contribution in [1.29, 1.82) is 0 Å². The Kier molecular flexibility index (Phi) is 6.87. The molecule has 37 heavy (non-hydrogen) atoms. The molecule has 7 rings (SSSR count). The van der Waals surface area contributed by atoms with Crippen LogP contribution >= 0.6 is 0 Å². The predicted octanol–water partition coefficient (Wildman–Crippen LogP) is 5.63. The van der Waals surface area contributed by atoms with Crippen molar-refractivity contribution in [1.82, 2.24) is 0 Å². The van der Waals surface area contributed by atoms with E-state index in [1.54, 1.807) is 0 Å². The summed E-state index contributed by atoms with van der Waals surface area (Å²) in [5, 5.41) is 4.88. The number of hydrogen-bond donors (Lipinski definition) is 0. The normalized spacial score (nSPS) is 21.2. The molecular weight excluding hydrogens is 468 g/mol. The molecule has 3 unspecified atom stereocenters. The molecule has 192 valence electrons. The van der Waals surface area contributed by atoms with Gasteiger partial charge in [0.05, 0.1) is 19.8 Å². The van der Waals surface area contributed by atoms with Crippen molar-refractivity contribution in [3.8, 4) is 17.2 Å². The number of epoxide rings is 3. The van der Waals surface area contributed by atoms with Crippen LogP contribution in [0.4, 0.5) is 0 Å². The summed E-state index contributed by atoms with van der Waals surface area (Å²) in [5.74, 6) is 2.76. The van der Waals surface area contributed by atoms with Crippen LogP contribution < -0.4 is 14.2 Å². The van der Waals surface area contributed by atoms with Crippen molar-refractivity contribution < 1.29 is 28.4 Å². The van der Waals surface area contributed by atoms with Gasteiger partial charge in [-0.15, -0.1) is 0 Å². The van der Waals surface area contributed by atoms with Gasteiger partial charge in [-0.05, 0) is 70.8 Å². The fraction of sp³-hybridized carbons (Fsp3) is 0.355. The van der Waals surface area contributed by atoms with Gasteiger partial charge in [-0.25, -0.2) is 0 Å². The summed E-state index contributed by atoms with van der Waals surface area (Å²) in [6.45, 7) is 8.57. The van der Waals surface area contributed by atoms with E-state index in [4.69, 9.17) is 28.4 Å². The van der Waals surface area contributed by atoms with E-state index in [9.17, 15) is 0 Å². The molecule has 0 bridgehead atoms. The Bertz CT molecular complexity index is 1380. The monoisotopic (exact) mass is 500 g/mol. The van der Waals surface area contributed by atoms with Crippen molar-refractivity contribution in [2.75, 3.05) is 39.6 Å². The first-order chi connectivity index (χ1) is 18.1. The van der Waals surface area contributed by atoms with Gasteiger partial charge in [-0.1, -0.05) is 42.5 Å². The maximum atomic E-state index is 5.83. The molecule has 4 aromatic rings. The SMILES string of the molecule is Cc1c(OCC2CO2)ccc2ccc(OCC3CO3)cc12.Cc1c(OCC2CO2)ccc2ccccc12. The van der Waals surface area contributed by atoms with Crippen LogP contribution in [0.25, 0.3) is 21.5 Å². The Morgan fingerprint density at radius 2 is 1.08 bits per heavy atom. The zero-order valence-electron chi connectivity index (χ0n) is 21.3. The number of hydrogen-bond acceptors (Lipinski definition) is 6. The zero-order chi connectivity index (χ0) is 25.2. The minimum Gasteiger partial charge on any atom is -0.491 e. The Hall–Kier alpha value is -3.32. The van der Waals surface area contributed by atoms with Gasteiger partial charge in [-0.2, -0.15) is 0 Å². The number of aryl methyl sites for hydroxylation is 2. The highest BCUT2D eigenvalue weighted by atomic mass is 16.6. The number of rotatable bonds is 9. The van der Waals surface area contributed by atoms with Crippen molar-refractivity contribution in [3.05, 3.63) is 77.9 Å². The van der Waals surface area contributed by atoms with Gasteiger partial charge in [0, 0.05) is 0 Å². The van der Waals surface area contributed by atoms with E-state index in [2.05, 4.69) is 62.4 Å². The lowest BCUT2D eigenvalue weighted by molar-refractivity contribution is 0.261. The van der Waals surface area contributed by atoms with Gasteiger partial charge in [-0.3, -0.25) is 0 Å². The maximum absolute atomic E-state index is 5.83. The van der Waals surface area contributed by atoms with E-state index in [1.165, 1.54) is 27.1 Å². The fourth-order valence-corrected chi connectivity index (χ4v) is 4.29. The molecule has 0 aromatic heterocycles. The Balaban J connectivity index is 0.000000141. The molecule has 0 N–H and O–H groups in total. The molecule has 0 aliphatic carbocycles. The molecule has 4 aromatic carbocycles. The molecule has 3 heterocycles. The summed E-state index contributed by atoms with van der Waals surface area (Å²) < 4.78 is 32.8. The molecule has 6 heteroatoms. The van der Waals surface area contributed by atoms with E-state index < -0.39 is 0 Å². The van der Waals surface area contributed by atoms with Crippen LogP contribution in [0.15, 0.2) is 66.7 Å². The molecule has 0 amide bonds. The van der Waals surface area contributed by atoms with Gasteiger partial charge in [0.15, 0.2) is 0 Å².